The molecular weight excluding hydrogens is 280 g/mol. The smallest absolute Gasteiger partial charge is 0.268 e. The summed E-state index contributed by atoms with van der Waals surface area (Å²) >= 11 is 0. The van der Waals surface area contributed by atoms with Crippen LogP contribution in [-0.2, 0) is 9.22 Å². The third-order valence-corrected chi connectivity index (χ3v) is 10.3. The van der Waals surface area contributed by atoms with Crippen LogP contribution in [0.5, 0.6) is 0 Å². The second-order valence-electron chi connectivity index (χ2n) is 6.35. The SMILES string of the molecule is CC(C)[Si](O[C@H]1C(=O)N[C@H]1C=C(F)F)(C(C)C)C(C)C. The number of carbonyl (C=O) groups is 1. The molecule has 0 aliphatic carbocycles. The van der Waals surface area contributed by atoms with Crippen molar-refractivity contribution in [1.82, 2.24) is 5.32 Å². The normalized spacial score (nSPS) is 23.1. The summed E-state index contributed by atoms with van der Waals surface area (Å²) in [5, 5.41) is 2.47. The average Bonchev–Trinajstić information content (AvgIpc) is 2.27. The largest absolute Gasteiger partial charge is 0.402 e. The highest BCUT2D eigenvalue weighted by molar-refractivity contribution is 6.77. The summed E-state index contributed by atoms with van der Waals surface area (Å²) in [6, 6.07) is -0.698. The predicted octanol–water partition coefficient (Wildman–Crippen LogP) is 3.83. The van der Waals surface area contributed by atoms with Crippen LogP contribution in [-0.4, -0.2) is 26.4 Å². The quantitative estimate of drug-likeness (QED) is 0.598. The van der Waals surface area contributed by atoms with Crippen molar-refractivity contribution in [2.75, 3.05) is 0 Å². The van der Waals surface area contributed by atoms with E-state index in [0.717, 1.165) is 6.08 Å². The Morgan fingerprint density at radius 3 is 1.90 bits per heavy atom. The topological polar surface area (TPSA) is 38.3 Å². The first-order valence-electron chi connectivity index (χ1n) is 7.13. The van der Waals surface area contributed by atoms with Crippen molar-refractivity contribution in [3.8, 4) is 0 Å². The summed E-state index contributed by atoms with van der Waals surface area (Å²) in [5.41, 5.74) is 0.947. The Morgan fingerprint density at radius 1 is 1.15 bits per heavy atom. The van der Waals surface area contributed by atoms with Crippen molar-refractivity contribution in [1.29, 1.82) is 0 Å². The van der Waals surface area contributed by atoms with Gasteiger partial charge < -0.3 is 9.74 Å². The van der Waals surface area contributed by atoms with Gasteiger partial charge in [-0.3, -0.25) is 4.79 Å². The van der Waals surface area contributed by atoms with Gasteiger partial charge in [0.25, 0.3) is 12.0 Å². The Bertz CT molecular complexity index is 371. The van der Waals surface area contributed by atoms with Crippen molar-refractivity contribution in [3.05, 3.63) is 12.2 Å². The van der Waals surface area contributed by atoms with E-state index in [1.807, 2.05) is 0 Å². The van der Waals surface area contributed by atoms with Gasteiger partial charge in [-0.2, -0.15) is 8.78 Å². The fourth-order valence-corrected chi connectivity index (χ4v) is 8.92. The first kappa shape index (κ1) is 17.3. The molecule has 1 fully saturated rings. The third kappa shape index (κ3) is 3.11. The number of halogens is 2. The lowest BCUT2D eigenvalue weighted by molar-refractivity contribution is -0.139. The van der Waals surface area contributed by atoms with Crippen LogP contribution in [0, 0.1) is 0 Å². The van der Waals surface area contributed by atoms with Crippen LogP contribution < -0.4 is 5.32 Å². The fourth-order valence-electron chi connectivity index (χ4n) is 3.41. The lowest BCUT2D eigenvalue weighted by atomic mass is 10.0. The molecule has 20 heavy (non-hydrogen) atoms. The van der Waals surface area contributed by atoms with Crippen molar-refractivity contribution in [2.24, 2.45) is 0 Å². The predicted molar refractivity (Wildman–Crippen MR) is 78.2 cm³/mol. The summed E-state index contributed by atoms with van der Waals surface area (Å²) in [6.45, 7) is 12.6. The van der Waals surface area contributed by atoms with Gasteiger partial charge in [-0.1, -0.05) is 41.5 Å². The first-order valence-corrected chi connectivity index (χ1v) is 9.28. The van der Waals surface area contributed by atoms with E-state index in [0.29, 0.717) is 16.6 Å². The minimum atomic E-state index is -2.23. The highest BCUT2D eigenvalue weighted by Gasteiger charge is 2.51. The van der Waals surface area contributed by atoms with Crippen molar-refractivity contribution in [2.45, 2.75) is 70.3 Å². The van der Waals surface area contributed by atoms with Crippen molar-refractivity contribution in [3.63, 3.8) is 0 Å². The van der Waals surface area contributed by atoms with Gasteiger partial charge in [-0.15, -0.1) is 0 Å². The molecule has 3 nitrogen and oxygen atoms in total. The molecule has 1 saturated heterocycles. The van der Waals surface area contributed by atoms with Crippen LogP contribution >= 0.6 is 0 Å². The summed E-state index contributed by atoms with van der Waals surface area (Å²) in [7, 11) is -2.23. The van der Waals surface area contributed by atoms with Crippen LogP contribution in [0.3, 0.4) is 0 Å². The zero-order chi connectivity index (χ0) is 15.7. The van der Waals surface area contributed by atoms with Crippen molar-refractivity contribution < 1.29 is 18.0 Å². The molecule has 0 unspecified atom stereocenters. The molecule has 0 saturated carbocycles. The molecule has 2 atom stereocenters. The maximum atomic E-state index is 12.4. The standard InChI is InChI=1S/C14H25F2NO2Si/c1-8(2)20(9(3)4,10(5)6)19-13-11(7-12(15)16)17-14(13)18/h7-11,13H,1-6H3,(H,17,18)/t11-,13+/m0/s1. The molecule has 1 N–H and O–H groups in total. The second-order valence-corrected chi connectivity index (χ2v) is 11.8. The minimum absolute atomic E-state index is 0.286. The molecule has 1 heterocycles. The van der Waals surface area contributed by atoms with Crippen LogP contribution in [0.1, 0.15) is 41.5 Å². The van der Waals surface area contributed by atoms with Crippen LogP contribution in [0.2, 0.25) is 16.6 Å². The molecule has 6 heteroatoms. The number of nitrogens with one attached hydrogen (secondary N) is 1. The van der Waals surface area contributed by atoms with E-state index in [-0.39, 0.29) is 5.91 Å². The minimum Gasteiger partial charge on any atom is -0.402 e. The van der Waals surface area contributed by atoms with E-state index in [1.54, 1.807) is 0 Å². The number of hydrogen-bond donors (Lipinski definition) is 1. The molecule has 0 aromatic heterocycles. The number of carbonyl (C=O) groups excluding carboxylic acids is 1. The van der Waals surface area contributed by atoms with Crippen LogP contribution in [0.15, 0.2) is 12.2 Å². The molecule has 0 aromatic rings. The van der Waals surface area contributed by atoms with Gasteiger partial charge in [0.2, 0.25) is 8.32 Å². The highest BCUT2D eigenvalue weighted by atomic mass is 28.4. The van der Waals surface area contributed by atoms with Gasteiger partial charge in [0, 0.05) is 6.08 Å². The number of rotatable bonds is 6. The summed E-state index contributed by atoms with van der Waals surface area (Å²) in [6.07, 6.45) is -1.78. The monoisotopic (exact) mass is 305 g/mol. The molecular formula is C14H25F2NO2Si. The average molecular weight is 305 g/mol. The van der Waals surface area contributed by atoms with E-state index in [1.165, 1.54) is 0 Å². The lowest BCUT2D eigenvalue weighted by Gasteiger charge is -2.48. The van der Waals surface area contributed by atoms with E-state index in [4.69, 9.17) is 4.43 Å². The Hall–Kier alpha value is -0.753. The number of β-lactam (4-membered cyclic amide) rings is 1. The second kappa shape index (κ2) is 6.35. The van der Waals surface area contributed by atoms with E-state index < -0.39 is 26.5 Å². The van der Waals surface area contributed by atoms with Crippen molar-refractivity contribution >= 4 is 14.2 Å². The number of amides is 1. The van der Waals surface area contributed by atoms with Gasteiger partial charge in [0.1, 0.15) is 6.10 Å². The molecule has 1 aliphatic rings. The molecule has 1 aliphatic heterocycles. The van der Waals surface area contributed by atoms with E-state index >= 15 is 0 Å². The summed E-state index contributed by atoms with van der Waals surface area (Å²) < 4.78 is 31.0. The van der Waals surface area contributed by atoms with Gasteiger partial charge in [0.05, 0.1) is 6.04 Å². The Morgan fingerprint density at radius 2 is 1.60 bits per heavy atom. The van der Waals surface area contributed by atoms with Gasteiger partial charge in [-0.05, 0) is 16.6 Å². The van der Waals surface area contributed by atoms with E-state index in [2.05, 4.69) is 46.9 Å². The highest BCUT2D eigenvalue weighted by Crippen LogP contribution is 2.44. The zero-order valence-electron chi connectivity index (χ0n) is 13.0. The van der Waals surface area contributed by atoms with Gasteiger partial charge in [0.15, 0.2) is 0 Å². The maximum absolute atomic E-state index is 12.4. The van der Waals surface area contributed by atoms with Gasteiger partial charge in [-0.25, -0.2) is 0 Å². The molecule has 0 aromatic carbocycles. The van der Waals surface area contributed by atoms with Gasteiger partial charge >= 0.3 is 0 Å². The Labute approximate surface area is 120 Å². The fraction of sp³-hybridized carbons (Fsp3) is 0.786. The zero-order valence-corrected chi connectivity index (χ0v) is 14.0. The summed E-state index contributed by atoms with van der Waals surface area (Å²) in [5.74, 6) is -0.286. The Balaban J connectivity index is 3.01. The molecule has 0 spiro atoms. The van der Waals surface area contributed by atoms with Crippen LogP contribution in [0.4, 0.5) is 8.78 Å². The maximum Gasteiger partial charge on any atom is 0.268 e. The molecule has 116 valence electrons. The number of hydrogen-bond acceptors (Lipinski definition) is 2. The molecule has 1 rings (SSSR count). The lowest BCUT2D eigenvalue weighted by Crippen LogP contribution is -2.67. The van der Waals surface area contributed by atoms with Crippen LogP contribution in [0.25, 0.3) is 0 Å². The summed E-state index contributed by atoms with van der Waals surface area (Å²) in [4.78, 5) is 11.7. The molecule has 0 radical (unpaired) electrons. The van der Waals surface area contributed by atoms with E-state index in [9.17, 15) is 13.6 Å². The Kier molecular flexibility index (Phi) is 5.49. The first-order chi connectivity index (χ1) is 9.12. The third-order valence-electron chi connectivity index (χ3n) is 4.24. The molecule has 0 bridgehead atoms. The molecule has 1 amide bonds.